The Morgan fingerprint density at radius 1 is 1.00 bits per heavy atom. The summed E-state index contributed by atoms with van der Waals surface area (Å²) in [5.74, 6) is 0.829. The van der Waals surface area contributed by atoms with Crippen molar-refractivity contribution >= 4 is 46.6 Å². The Morgan fingerprint density at radius 3 is 2.41 bits per heavy atom. The Kier molecular flexibility index (Phi) is 9.78. The summed E-state index contributed by atoms with van der Waals surface area (Å²) in [6, 6.07) is 15.9. The summed E-state index contributed by atoms with van der Waals surface area (Å²) >= 11 is 14.3. The van der Waals surface area contributed by atoms with E-state index >= 15 is 0 Å². The number of nitrogens with zero attached hydrogens (tertiary/aromatic N) is 2. The number of esters is 1. The Hall–Kier alpha value is -4.05. The van der Waals surface area contributed by atoms with E-state index in [4.69, 9.17) is 42.1 Å². The Balaban J connectivity index is 1.54. The zero-order chi connectivity index (χ0) is 31.4. The van der Waals surface area contributed by atoms with Gasteiger partial charge in [-0.1, -0.05) is 70.4 Å². The number of fused-ring (bicyclic) bond motifs is 1. The summed E-state index contributed by atoms with van der Waals surface area (Å²) < 4.78 is 24.4. The Morgan fingerprint density at radius 2 is 1.73 bits per heavy atom. The van der Waals surface area contributed by atoms with Crippen molar-refractivity contribution in [1.29, 1.82) is 0 Å². The third-order valence-corrected chi connectivity index (χ3v) is 8.35. The smallest absolute Gasteiger partial charge is 0.337 e. The summed E-state index contributed by atoms with van der Waals surface area (Å²) in [7, 11) is 1.29. The molecule has 5 rings (SSSR count). The van der Waals surface area contributed by atoms with Crippen molar-refractivity contribution < 1.29 is 23.7 Å². The molecular weight excluding hydrogens is 623 g/mol. The SMILES string of the molecule is CCOc1ccc([C@H]2C(C(=O)OC)=CN=c3s/c(=C\c4cc(Cl)c(OCc5cccc(C)c5)c(Cl)c4)c(=O)n32)cc1OCC. The summed E-state index contributed by atoms with van der Waals surface area (Å²) in [4.78, 5) is 31.6. The highest BCUT2D eigenvalue weighted by atomic mass is 35.5. The number of ether oxygens (including phenoxy) is 4. The second kappa shape index (κ2) is 13.7. The second-order valence-corrected chi connectivity index (χ2v) is 11.7. The minimum atomic E-state index is -0.805. The first-order valence-corrected chi connectivity index (χ1v) is 15.5. The lowest BCUT2D eigenvalue weighted by atomic mass is 9.97. The Labute approximate surface area is 268 Å². The largest absolute Gasteiger partial charge is 0.490 e. The number of carbonyl (C=O) groups is 1. The van der Waals surface area contributed by atoms with E-state index in [-0.39, 0.29) is 11.1 Å². The lowest BCUT2D eigenvalue weighted by molar-refractivity contribution is -0.136. The zero-order valence-electron chi connectivity index (χ0n) is 24.6. The average Bonchev–Trinajstić information content (AvgIpc) is 3.31. The maximum Gasteiger partial charge on any atom is 0.337 e. The molecule has 1 aliphatic heterocycles. The number of benzene rings is 3. The molecule has 44 heavy (non-hydrogen) atoms. The quantitative estimate of drug-likeness (QED) is 0.195. The van der Waals surface area contributed by atoms with Crippen LogP contribution < -0.4 is 29.1 Å². The summed E-state index contributed by atoms with van der Waals surface area (Å²) in [6.45, 7) is 6.93. The van der Waals surface area contributed by atoms with Gasteiger partial charge in [-0.3, -0.25) is 9.36 Å². The molecule has 11 heteroatoms. The van der Waals surface area contributed by atoms with Gasteiger partial charge in [0.05, 0.1) is 46.5 Å². The third kappa shape index (κ3) is 6.55. The molecule has 0 saturated heterocycles. The van der Waals surface area contributed by atoms with Crippen LogP contribution in [0.5, 0.6) is 17.2 Å². The van der Waals surface area contributed by atoms with Crippen LogP contribution in [0.25, 0.3) is 6.08 Å². The molecular formula is C33H30Cl2N2O6S. The number of rotatable bonds is 10. The van der Waals surface area contributed by atoms with Crippen molar-refractivity contribution in [3.63, 3.8) is 0 Å². The molecule has 8 nitrogen and oxygen atoms in total. The van der Waals surface area contributed by atoms with E-state index in [2.05, 4.69) is 4.99 Å². The van der Waals surface area contributed by atoms with Gasteiger partial charge >= 0.3 is 5.97 Å². The lowest BCUT2D eigenvalue weighted by Gasteiger charge is -2.23. The van der Waals surface area contributed by atoms with Crippen LogP contribution in [-0.4, -0.2) is 30.9 Å². The topological polar surface area (TPSA) is 88.4 Å². The number of methoxy groups -OCH3 is 1. The molecule has 228 valence electrons. The minimum Gasteiger partial charge on any atom is -0.490 e. The van der Waals surface area contributed by atoms with Gasteiger partial charge in [0.15, 0.2) is 22.0 Å². The van der Waals surface area contributed by atoms with Gasteiger partial charge < -0.3 is 18.9 Å². The van der Waals surface area contributed by atoms with Gasteiger partial charge in [-0.15, -0.1) is 0 Å². The number of aromatic nitrogens is 1. The van der Waals surface area contributed by atoms with E-state index in [9.17, 15) is 9.59 Å². The van der Waals surface area contributed by atoms with E-state index < -0.39 is 12.0 Å². The molecule has 2 heterocycles. The fourth-order valence-electron chi connectivity index (χ4n) is 4.90. The zero-order valence-corrected chi connectivity index (χ0v) is 26.9. The second-order valence-electron chi connectivity index (χ2n) is 9.84. The van der Waals surface area contributed by atoms with Gasteiger partial charge in [-0.05, 0) is 67.8 Å². The van der Waals surface area contributed by atoms with Crippen LogP contribution in [0, 0.1) is 6.92 Å². The van der Waals surface area contributed by atoms with Crippen LogP contribution in [0.15, 0.2) is 76.2 Å². The molecule has 1 aromatic heterocycles. The summed E-state index contributed by atoms with van der Waals surface area (Å²) in [5, 5.41) is 0.626. The first-order chi connectivity index (χ1) is 21.2. The molecule has 3 aromatic carbocycles. The molecule has 0 amide bonds. The molecule has 0 radical (unpaired) electrons. The highest BCUT2D eigenvalue weighted by Crippen LogP contribution is 2.36. The molecule has 0 spiro atoms. The number of halogens is 2. The van der Waals surface area contributed by atoms with E-state index in [0.717, 1.165) is 11.1 Å². The first kappa shape index (κ1) is 31.4. The molecule has 0 aliphatic carbocycles. The number of hydrogen-bond acceptors (Lipinski definition) is 8. The van der Waals surface area contributed by atoms with Crippen molar-refractivity contribution in [3.05, 3.63) is 118 Å². The van der Waals surface area contributed by atoms with E-state index in [1.165, 1.54) is 29.2 Å². The molecule has 0 N–H and O–H groups in total. The van der Waals surface area contributed by atoms with Gasteiger partial charge in [0, 0.05) is 6.20 Å². The normalized spacial score (nSPS) is 14.4. The molecule has 0 saturated carbocycles. The van der Waals surface area contributed by atoms with Crippen LogP contribution in [0.1, 0.15) is 42.1 Å². The predicted molar refractivity (Wildman–Crippen MR) is 172 cm³/mol. The van der Waals surface area contributed by atoms with Crippen LogP contribution >= 0.6 is 34.5 Å². The molecule has 0 bridgehead atoms. The molecule has 0 fully saturated rings. The van der Waals surface area contributed by atoms with Crippen molar-refractivity contribution in [1.82, 2.24) is 4.57 Å². The van der Waals surface area contributed by atoms with Gasteiger partial charge in [0.2, 0.25) is 0 Å². The third-order valence-electron chi connectivity index (χ3n) is 6.79. The highest BCUT2D eigenvalue weighted by molar-refractivity contribution is 7.07. The fourth-order valence-corrected chi connectivity index (χ4v) is 6.48. The van der Waals surface area contributed by atoms with E-state index in [1.54, 1.807) is 36.4 Å². The van der Waals surface area contributed by atoms with Crippen molar-refractivity contribution in [2.24, 2.45) is 4.99 Å². The fraction of sp³-hybridized carbons (Fsp3) is 0.242. The van der Waals surface area contributed by atoms with Gasteiger partial charge in [0.25, 0.3) is 5.56 Å². The summed E-state index contributed by atoms with van der Waals surface area (Å²) in [6.07, 6.45) is 3.13. The van der Waals surface area contributed by atoms with Gasteiger partial charge in [-0.2, -0.15) is 0 Å². The monoisotopic (exact) mass is 652 g/mol. The lowest BCUT2D eigenvalue weighted by Crippen LogP contribution is -2.39. The molecule has 0 unspecified atom stereocenters. The maximum absolute atomic E-state index is 13.9. The highest BCUT2D eigenvalue weighted by Gasteiger charge is 2.31. The molecule has 4 aromatic rings. The maximum atomic E-state index is 13.9. The first-order valence-electron chi connectivity index (χ1n) is 13.9. The minimum absolute atomic E-state index is 0.208. The van der Waals surface area contributed by atoms with Crippen LogP contribution in [0.4, 0.5) is 0 Å². The molecule has 1 aliphatic rings. The van der Waals surface area contributed by atoms with Gasteiger partial charge in [-0.25, -0.2) is 9.79 Å². The van der Waals surface area contributed by atoms with Crippen molar-refractivity contribution in [2.75, 3.05) is 20.3 Å². The van der Waals surface area contributed by atoms with Crippen LogP contribution in [-0.2, 0) is 16.1 Å². The number of thiazole rings is 1. The van der Waals surface area contributed by atoms with E-state index in [1.807, 2.05) is 45.0 Å². The van der Waals surface area contributed by atoms with E-state index in [0.29, 0.717) is 67.6 Å². The number of aryl methyl sites for hydroxylation is 1. The Bertz CT molecular complexity index is 1910. The standard InChI is InChI=1S/C33H30Cl2N2O6S/c1-5-41-26-11-10-22(16-27(26)42-6-2)29-23(32(39)40-4)17-36-33-37(29)31(38)28(44-33)15-21-13-24(34)30(25(35)14-21)43-18-20-9-7-8-19(3)12-20/h7-17,29H,5-6,18H2,1-4H3/b28-15-/t29-/m0/s1. The number of carbonyl (C=O) groups excluding carboxylic acids is 1. The van der Waals surface area contributed by atoms with Crippen LogP contribution in [0.2, 0.25) is 10.0 Å². The van der Waals surface area contributed by atoms with Crippen LogP contribution in [0.3, 0.4) is 0 Å². The van der Waals surface area contributed by atoms with Crippen molar-refractivity contribution in [2.45, 2.75) is 33.4 Å². The van der Waals surface area contributed by atoms with Gasteiger partial charge in [0.1, 0.15) is 6.61 Å². The average molecular weight is 654 g/mol. The predicted octanol–water partition coefficient (Wildman–Crippen LogP) is 6.01. The summed E-state index contributed by atoms with van der Waals surface area (Å²) in [5.41, 5.74) is 3.22. The van der Waals surface area contributed by atoms with Crippen molar-refractivity contribution in [3.8, 4) is 17.2 Å². The number of hydrogen-bond donors (Lipinski definition) is 0. The molecule has 1 atom stereocenters.